The Morgan fingerprint density at radius 2 is 2.07 bits per heavy atom. The SMILES string of the molecule is CNCCCN(C)c1ccc(-c2ccnc(Nc3cccc(CN4CCN(CC(=O)OC)C(CCO)C4)c3)n2)cn1. The molecule has 0 spiro atoms. The fourth-order valence-electron chi connectivity index (χ4n) is 5.05. The number of esters is 1. The average molecular weight is 563 g/mol. The van der Waals surface area contributed by atoms with Crippen LogP contribution in [-0.2, 0) is 16.1 Å². The van der Waals surface area contributed by atoms with Crippen LogP contribution in [-0.4, -0.2) is 109 Å². The van der Waals surface area contributed by atoms with Crippen molar-refractivity contribution in [1.82, 2.24) is 30.1 Å². The second kappa shape index (κ2) is 15.4. The molecular weight excluding hydrogens is 520 g/mol. The van der Waals surface area contributed by atoms with Gasteiger partial charge in [-0.05, 0) is 62.3 Å². The van der Waals surface area contributed by atoms with Crippen LogP contribution in [0.1, 0.15) is 18.4 Å². The summed E-state index contributed by atoms with van der Waals surface area (Å²) in [7, 11) is 5.42. The maximum Gasteiger partial charge on any atom is 0.319 e. The van der Waals surface area contributed by atoms with E-state index >= 15 is 0 Å². The number of nitrogens with one attached hydrogen (secondary N) is 2. The van der Waals surface area contributed by atoms with Gasteiger partial charge in [-0.15, -0.1) is 0 Å². The zero-order valence-corrected chi connectivity index (χ0v) is 24.3. The average Bonchev–Trinajstić information content (AvgIpc) is 2.99. The molecule has 0 radical (unpaired) electrons. The van der Waals surface area contributed by atoms with E-state index in [-0.39, 0.29) is 25.2 Å². The highest BCUT2D eigenvalue weighted by atomic mass is 16.5. The van der Waals surface area contributed by atoms with E-state index in [4.69, 9.17) is 9.72 Å². The van der Waals surface area contributed by atoms with Crippen molar-refractivity contribution in [3.8, 4) is 11.3 Å². The van der Waals surface area contributed by atoms with Crippen molar-refractivity contribution in [2.75, 3.05) is 77.3 Å². The summed E-state index contributed by atoms with van der Waals surface area (Å²) in [5, 5.41) is 16.1. The summed E-state index contributed by atoms with van der Waals surface area (Å²) in [6.45, 7) is 5.38. The van der Waals surface area contributed by atoms with Gasteiger partial charge in [0.15, 0.2) is 0 Å². The number of carbonyl (C=O) groups is 1. The van der Waals surface area contributed by atoms with Crippen LogP contribution in [0.4, 0.5) is 17.5 Å². The van der Waals surface area contributed by atoms with Gasteiger partial charge in [0.1, 0.15) is 5.82 Å². The molecular formula is C30H42N8O3. The smallest absolute Gasteiger partial charge is 0.319 e. The topological polar surface area (TPSA) is 119 Å². The molecule has 4 rings (SSSR count). The summed E-state index contributed by atoms with van der Waals surface area (Å²) in [6.07, 6.45) is 5.28. The van der Waals surface area contributed by atoms with Crippen LogP contribution in [0, 0.1) is 0 Å². The lowest BCUT2D eigenvalue weighted by Crippen LogP contribution is -2.54. The number of aliphatic hydroxyl groups is 1. The van der Waals surface area contributed by atoms with Gasteiger partial charge in [-0.1, -0.05) is 12.1 Å². The van der Waals surface area contributed by atoms with E-state index in [1.54, 1.807) is 6.20 Å². The Labute approximate surface area is 242 Å². The molecule has 41 heavy (non-hydrogen) atoms. The molecule has 0 aliphatic carbocycles. The number of aromatic nitrogens is 3. The van der Waals surface area contributed by atoms with Crippen molar-refractivity contribution in [2.24, 2.45) is 0 Å². The van der Waals surface area contributed by atoms with Crippen molar-refractivity contribution in [1.29, 1.82) is 0 Å². The number of pyridine rings is 1. The van der Waals surface area contributed by atoms with E-state index in [1.807, 2.05) is 43.6 Å². The predicted octanol–water partition coefficient (Wildman–Crippen LogP) is 2.37. The van der Waals surface area contributed by atoms with Gasteiger partial charge in [0, 0.05) is 76.1 Å². The molecule has 1 saturated heterocycles. The van der Waals surface area contributed by atoms with Crippen molar-refractivity contribution < 1.29 is 14.6 Å². The maximum atomic E-state index is 11.8. The van der Waals surface area contributed by atoms with E-state index in [2.05, 4.69) is 54.5 Å². The molecule has 2 aromatic heterocycles. The van der Waals surface area contributed by atoms with E-state index < -0.39 is 0 Å². The minimum atomic E-state index is -0.247. The predicted molar refractivity (Wildman–Crippen MR) is 161 cm³/mol. The third kappa shape index (κ3) is 8.92. The van der Waals surface area contributed by atoms with Crippen molar-refractivity contribution in [3.63, 3.8) is 0 Å². The monoisotopic (exact) mass is 562 g/mol. The van der Waals surface area contributed by atoms with E-state index in [0.717, 1.165) is 74.0 Å². The normalized spacial score (nSPS) is 16.0. The number of methoxy groups -OCH3 is 1. The van der Waals surface area contributed by atoms with Crippen LogP contribution in [0.15, 0.2) is 54.9 Å². The lowest BCUT2D eigenvalue weighted by molar-refractivity contribution is -0.143. The van der Waals surface area contributed by atoms with Gasteiger partial charge in [0.2, 0.25) is 5.95 Å². The van der Waals surface area contributed by atoms with Gasteiger partial charge >= 0.3 is 5.97 Å². The molecule has 1 atom stereocenters. The first kappa shape index (κ1) is 30.3. The Hall–Kier alpha value is -3.64. The zero-order valence-electron chi connectivity index (χ0n) is 24.3. The molecule has 0 bridgehead atoms. The second-order valence-electron chi connectivity index (χ2n) is 10.3. The van der Waals surface area contributed by atoms with E-state index in [9.17, 15) is 9.90 Å². The minimum absolute atomic E-state index is 0.0862. The van der Waals surface area contributed by atoms with Crippen molar-refractivity contribution >= 4 is 23.4 Å². The van der Waals surface area contributed by atoms with Crippen LogP contribution in [0.25, 0.3) is 11.3 Å². The van der Waals surface area contributed by atoms with Gasteiger partial charge in [-0.25, -0.2) is 15.0 Å². The Bertz CT molecular complexity index is 1240. The van der Waals surface area contributed by atoms with Crippen LogP contribution in [0.3, 0.4) is 0 Å². The summed E-state index contributed by atoms with van der Waals surface area (Å²) in [5.41, 5.74) is 3.80. The van der Waals surface area contributed by atoms with Gasteiger partial charge in [0.05, 0.1) is 19.3 Å². The van der Waals surface area contributed by atoms with Crippen LogP contribution >= 0.6 is 0 Å². The molecule has 1 aromatic carbocycles. The fourth-order valence-corrected chi connectivity index (χ4v) is 5.05. The molecule has 11 nitrogen and oxygen atoms in total. The summed E-state index contributed by atoms with van der Waals surface area (Å²) < 4.78 is 4.84. The second-order valence-corrected chi connectivity index (χ2v) is 10.3. The Morgan fingerprint density at radius 1 is 1.20 bits per heavy atom. The molecule has 1 aliphatic rings. The third-order valence-electron chi connectivity index (χ3n) is 7.31. The molecule has 1 aliphatic heterocycles. The van der Waals surface area contributed by atoms with Crippen molar-refractivity contribution in [3.05, 3.63) is 60.4 Å². The first-order chi connectivity index (χ1) is 20.0. The van der Waals surface area contributed by atoms with Crippen LogP contribution in [0.5, 0.6) is 0 Å². The largest absolute Gasteiger partial charge is 0.468 e. The number of carbonyl (C=O) groups excluding carboxylic acids is 1. The van der Waals surface area contributed by atoms with Gasteiger partial charge in [-0.3, -0.25) is 14.6 Å². The zero-order chi connectivity index (χ0) is 29.0. The Balaban J connectivity index is 1.37. The van der Waals surface area contributed by atoms with Crippen molar-refractivity contribution in [2.45, 2.75) is 25.4 Å². The van der Waals surface area contributed by atoms with Crippen LogP contribution < -0.4 is 15.5 Å². The first-order valence-corrected chi connectivity index (χ1v) is 14.1. The standard InChI is InChI=1S/C30H42N8O3/c1-31-12-5-14-36(2)28-9-8-24(19-33-28)27-10-13-32-30(35-27)34-25-7-4-6-23(18-25)20-37-15-16-38(22-29(40)41-3)26(21-37)11-17-39/h4,6-10,13,18-19,26,31,39H,5,11-12,14-17,20-22H2,1-3H3,(H,32,34,35). The molecule has 3 heterocycles. The number of benzene rings is 1. The molecule has 1 unspecified atom stereocenters. The number of aliphatic hydroxyl groups excluding tert-OH is 1. The first-order valence-electron chi connectivity index (χ1n) is 14.1. The highest BCUT2D eigenvalue weighted by Gasteiger charge is 2.28. The molecule has 220 valence electrons. The van der Waals surface area contributed by atoms with Gasteiger partial charge < -0.3 is 25.4 Å². The fraction of sp³-hybridized carbons (Fsp3) is 0.467. The highest BCUT2D eigenvalue weighted by Crippen LogP contribution is 2.22. The third-order valence-corrected chi connectivity index (χ3v) is 7.31. The number of nitrogens with zero attached hydrogens (tertiary/aromatic N) is 6. The number of rotatable bonds is 14. The van der Waals surface area contributed by atoms with E-state index in [1.165, 1.54) is 7.11 Å². The molecule has 11 heteroatoms. The van der Waals surface area contributed by atoms with Gasteiger partial charge in [-0.2, -0.15) is 0 Å². The minimum Gasteiger partial charge on any atom is -0.468 e. The summed E-state index contributed by atoms with van der Waals surface area (Å²) >= 11 is 0. The number of hydrogen-bond donors (Lipinski definition) is 3. The quantitative estimate of drug-likeness (QED) is 0.198. The number of ether oxygens (including phenoxy) is 1. The summed E-state index contributed by atoms with van der Waals surface area (Å²) in [4.78, 5) is 32.2. The summed E-state index contributed by atoms with van der Waals surface area (Å²) in [6, 6.07) is 14.3. The molecule has 0 saturated carbocycles. The molecule has 3 aromatic rings. The molecule has 3 N–H and O–H groups in total. The van der Waals surface area contributed by atoms with E-state index in [0.29, 0.717) is 12.4 Å². The Morgan fingerprint density at radius 3 is 2.83 bits per heavy atom. The highest BCUT2D eigenvalue weighted by molar-refractivity contribution is 5.71. The number of piperazine rings is 1. The summed E-state index contributed by atoms with van der Waals surface area (Å²) in [5.74, 6) is 1.21. The van der Waals surface area contributed by atoms with Crippen LogP contribution in [0.2, 0.25) is 0 Å². The lowest BCUT2D eigenvalue weighted by Gasteiger charge is -2.40. The molecule has 1 fully saturated rings. The van der Waals surface area contributed by atoms with Gasteiger partial charge in [0.25, 0.3) is 0 Å². The lowest BCUT2D eigenvalue weighted by atomic mass is 10.1. The maximum absolute atomic E-state index is 11.8. The number of hydrogen-bond acceptors (Lipinski definition) is 11. The Kier molecular flexibility index (Phi) is 11.4. The molecule has 0 amide bonds. The number of anilines is 3.